The van der Waals surface area contributed by atoms with Crippen LogP contribution in [0.4, 0.5) is 0 Å². The first-order valence-corrected chi connectivity index (χ1v) is 4.81. The maximum absolute atomic E-state index is 5.86. The molecule has 1 aliphatic carbocycles. The van der Waals surface area contributed by atoms with Gasteiger partial charge in [-0.05, 0) is 24.4 Å². The third-order valence-electron chi connectivity index (χ3n) is 2.50. The zero-order chi connectivity index (χ0) is 8.39. The second kappa shape index (κ2) is 3.44. The average Bonchev–Trinajstić information content (AvgIpc) is 2.53. The van der Waals surface area contributed by atoms with E-state index >= 15 is 0 Å². The number of nitrogens with zero attached hydrogens (tertiary/aromatic N) is 3. The SMILES string of the molecule is Clc1nncn1C1CCCCC1. The summed E-state index contributed by atoms with van der Waals surface area (Å²) in [5.41, 5.74) is 0. The van der Waals surface area contributed by atoms with E-state index in [0.717, 1.165) is 0 Å². The molecule has 2 rings (SSSR count). The highest BCUT2D eigenvalue weighted by molar-refractivity contribution is 6.28. The van der Waals surface area contributed by atoms with Crippen LogP contribution in [0.1, 0.15) is 38.1 Å². The van der Waals surface area contributed by atoms with E-state index in [1.807, 2.05) is 4.57 Å². The van der Waals surface area contributed by atoms with Crippen molar-refractivity contribution in [2.24, 2.45) is 0 Å². The molecule has 4 heteroatoms. The first kappa shape index (κ1) is 8.05. The van der Waals surface area contributed by atoms with Crippen LogP contribution in [0, 0.1) is 0 Å². The van der Waals surface area contributed by atoms with Crippen LogP contribution in [0.2, 0.25) is 5.28 Å². The van der Waals surface area contributed by atoms with Crippen molar-refractivity contribution in [2.45, 2.75) is 38.1 Å². The molecule has 1 fully saturated rings. The van der Waals surface area contributed by atoms with Gasteiger partial charge in [-0.2, -0.15) is 0 Å². The van der Waals surface area contributed by atoms with Gasteiger partial charge in [0.25, 0.3) is 0 Å². The standard InChI is InChI=1S/C8H12ClN3/c9-8-11-10-6-12(8)7-4-2-1-3-5-7/h6-7H,1-5H2. The lowest BCUT2D eigenvalue weighted by atomic mass is 9.95. The monoisotopic (exact) mass is 185 g/mol. The summed E-state index contributed by atoms with van der Waals surface area (Å²) in [6, 6.07) is 0.543. The molecule has 1 aromatic rings. The lowest BCUT2D eigenvalue weighted by Gasteiger charge is -2.22. The normalized spacial score (nSPS) is 19.8. The summed E-state index contributed by atoms with van der Waals surface area (Å²) in [6.07, 6.45) is 8.14. The zero-order valence-electron chi connectivity index (χ0n) is 6.91. The Bertz CT molecular complexity index is 253. The summed E-state index contributed by atoms with van der Waals surface area (Å²) >= 11 is 5.86. The van der Waals surface area contributed by atoms with E-state index in [9.17, 15) is 0 Å². The predicted molar refractivity (Wildman–Crippen MR) is 47.2 cm³/mol. The quantitative estimate of drug-likeness (QED) is 0.673. The fourth-order valence-corrected chi connectivity index (χ4v) is 2.06. The summed E-state index contributed by atoms with van der Waals surface area (Å²) in [5, 5.41) is 8.08. The van der Waals surface area contributed by atoms with E-state index < -0.39 is 0 Å². The molecule has 1 aliphatic rings. The molecule has 3 nitrogen and oxygen atoms in total. The van der Waals surface area contributed by atoms with E-state index in [-0.39, 0.29) is 0 Å². The van der Waals surface area contributed by atoms with Crippen LogP contribution in [0.15, 0.2) is 6.33 Å². The Morgan fingerprint density at radius 3 is 2.67 bits per heavy atom. The fourth-order valence-electron chi connectivity index (χ4n) is 1.83. The van der Waals surface area contributed by atoms with E-state index in [1.54, 1.807) is 6.33 Å². The molecule has 0 saturated heterocycles. The van der Waals surface area contributed by atoms with Crippen molar-refractivity contribution in [1.29, 1.82) is 0 Å². The second-order valence-electron chi connectivity index (χ2n) is 3.30. The maximum atomic E-state index is 5.86. The van der Waals surface area contributed by atoms with Gasteiger partial charge < -0.3 is 4.57 Å². The van der Waals surface area contributed by atoms with Crippen LogP contribution in [-0.4, -0.2) is 14.8 Å². The molecule has 0 aliphatic heterocycles. The fraction of sp³-hybridized carbons (Fsp3) is 0.750. The van der Waals surface area contributed by atoms with Gasteiger partial charge in [0.1, 0.15) is 6.33 Å². The molecule has 12 heavy (non-hydrogen) atoms. The maximum Gasteiger partial charge on any atom is 0.225 e. The van der Waals surface area contributed by atoms with Crippen LogP contribution < -0.4 is 0 Å². The van der Waals surface area contributed by atoms with E-state index in [1.165, 1.54) is 32.1 Å². The Morgan fingerprint density at radius 1 is 1.33 bits per heavy atom. The third kappa shape index (κ3) is 1.46. The van der Waals surface area contributed by atoms with Crippen molar-refractivity contribution >= 4 is 11.6 Å². The minimum Gasteiger partial charge on any atom is -0.301 e. The summed E-state index contributed by atoms with van der Waals surface area (Å²) in [7, 11) is 0. The Kier molecular flexibility index (Phi) is 2.30. The molecular weight excluding hydrogens is 174 g/mol. The largest absolute Gasteiger partial charge is 0.301 e. The van der Waals surface area contributed by atoms with Gasteiger partial charge in [0.2, 0.25) is 5.28 Å². The molecule has 0 bridgehead atoms. The summed E-state index contributed by atoms with van der Waals surface area (Å²) in [4.78, 5) is 0. The van der Waals surface area contributed by atoms with E-state index in [0.29, 0.717) is 11.3 Å². The second-order valence-corrected chi connectivity index (χ2v) is 3.64. The van der Waals surface area contributed by atoms with Crippen LogP contribution >= 0.6 is 11.6 Å². The number of aromatic nitrogens is 3. The van der Waals surface area contributed by atoms with Crippen LogP contribution in [0.3, 0.4) is 0 Å². The van der Waals surface area contributed by atoms with Gasteiger partial charge in [0, 0.05) is 6.04 Å². The number of rotatable bonds is 1. The number of hydrogen-bond donors (Lipinski definition) is 0. The first-order chi connectivity index (χ1) is 5.88. The van der Waals surface area contributed by atoms with Crippen molar-refractivity contribution in [1.82, 2.24) is 14.8 Å². The van der Waals surface area contributed by atoms with Crippen LogP contribution in [-0.2, 0) is 0 Å². The molecule has 0 aromatic carbocycles. The highest BCUT2D eigenvalue weighted by Crippen LogP contribution is 2.29. The molecule has 0 radical (unpaired) electrons. The molecule has 66 valence electrons. The van der Waals surface area contributed by atoms with E-state index in [2.05, 4.69) is 10.2 Å². The Balaban J connectivity index is 2.13. The lowest BCUT2D eigenvalue weighted by molar-refractivity contribution is 0.353. The molecule has 1 aromatic heterocycles. The van der Waals surface area contributed by atoms with Crippen LogP contribution in [0.5, 0.6) is 0 Å². The number of hydrogen-bond acceptors (Lipinski definition) is 2. The molecule has 0 spiro atoms. The van der Waals surface area contributed by atoms with Crippen molar-refractivity contribution in [3.8, 4) is 0 Å². The highest BCUT2D eigenvalue weighted by Gasteiger charge is 2.17. The van der Waals surface area contributed by atoms with Crippen molar-refractivity contribution < 1.29 is 0 Å². The molecular formula is C8H12ClN3. The van der Waals surface area contributed by atoms with Gasteiger partial charge in [-0.3, -0.25) is 0 Å². The summed E-state index contributed by atoms with van der Waals surface area (Å²) < 4.78 is 1.99. The Labute approximate surface area is 76.7 Å². The minimum absolute atomic E-state index is 0.530. The minimum atomic E-state index is 0.530. The topological polar surface area (TPSA) is 30.7 Å². The van der Waals surface area contributed by atoms with Gasteiger partial charge in [-0.1, -0.05) is 19.3 Å². The average molecular weight is 186 g/mol. The van der Waals surface area contributed by atoms with Crippen molar-refractivity contribution in [3.63, 3.8) is 0 Å². The smallest absolute Gasteiger partial charge is 0.225 e. The summed E-state index contributed by atoms with van der Waals surface area (Å²) in [6.45, 7) is 0. The summed E-state index contributed by atoms with van der Waals surface area (Å²) in [5.74, 6) is 0. The van der Waals surface area contributed by atoms with Gasteiger partial charge in [0.15, 0.2) is 0 Å². The zero-order valence-corrected chi connectivity index (χ0v) is 7.67. The number of halogens is 1. The van der Waals surface area contributed by atoms with Gasteiger partial charge in [-0.15, -0.1) is 10.2 Å². The Morgan fingerprint density at radius 2 is 2.08 bits per heavy atom. The van der Waals surface area contributed by atoms with Gasteiger partial charge in [-0.25, -0.2) is 0 Å². The highest BCUT2D eigenvalue weighted by atomic mass is 35.5. The van der Waals surface area contributed by atoms with E-state index in [4.69, 9.17) is 11.6 Å². The molecule has 0 N–H and O–H groups in total. The molecule has 1 saturated carbocycles. The predicted octanol–water partition coefficient (Wildman–Crippen LogP) is 2.44. The van der Waals surface area contributed by atoms with Crippen molar-refractivity contribution in [3.05, 3.63) is 11.6 Å². The lowest BCUT2D eigenvalue weighted by Crippen LogP contribution is -2.11. The molecule has 1 heterocycles. The van der Waals surface area contributed by atoms with Gasteiger partial charge in [0.05, 0.1) is 0 Å². The molecule has 0 amide bonds. The van der Waals surface area contributed by atoms with Crippen LogP contribution in [0.25, 0.3) is 0 Å². The Hall–Kier alpha value is -0.570. The molecule has 0 atom stereocenters. The third-order valence-corrected chi connectivity index (χ3v) is 2.77. The van der Waals surface area contributed by atoms with Gasteiger partial charge >= 0.3 is 0 Å². The first-order valence-electron chi connectivity index (χ1n) is 4.43. The van der Waals surface area contributed by atoms with Crippen molar-refractivity contribution in [2.75, 3.05) is 0 Å². The molecule has 0 unspecified atom stereocenters.